The van der Waals surface area contributed by atoms with Gasteiger partial charge in [0.05, 0.1) is 23.7 Å². The molecule has 1 aromatic rings. The molecule has 2 atom stereocenters. The monoisotopic (exact) mass is 344 g/mol. The van der Waals surface area contributed by atoms with Crippen LogP contribution in [0.4, 0.5) is 5.69 Å². The number of aliphatic carboxylic acids is 1. The molecule has 1 saturated heterocycles. The molecular formula is C13H16N2O5S2. The third-order valence-corrected chi connectivity index (χ3v) is 5.32. The molecule has 1 fully saturated rings. The third-order valence-electron chi connectivity index (χ3n) is 3.29. The van der Waals surface area contributed by atoms with Crippen LogP contribution in [0.15, 0.2) is 30.3 Å². The van der Waals surface area contributed by atoms with Crippen LogP contribution in [-0.2, 0) is 14.6 Å². The van der Waals surface area contributed by atoms with Gasteiger partial charge in [0.1, 0.15) is 6.54 Å². The number of hydrogen-bond donors (Lipinski definition) is 3. The molecule has 2 rings (SSSR count). The number of carbonyl (C=O) groups is 1. The fourth-order valence-corrected chi connectivity index (χ4v) is 4.43. The number of nitrogens with one attached hydrogen (secondary N) is 1. The topological polar surface area (TPSA) is 107 Å². The van der Waals surface area contributed by atoms with Gasteiger partial charge in [-0.15, -0.1) is 0 Å². The lowest BCUT2D eigenvalue weighted by Crippen LogP contribution is -2.50. The lowest BCUT2D eigenvalue weighted by molar-refractivity contribution is -0.137. The van der Waals surface area contributed by atoms with Gasteiger partial charge in [0.15, 0.2) is 14.9 Å². The highest BCUT2D eigenvalue weighted by molar-refractivity contribution is 7.91. The molecule has 9 heteroatoms. The Morgan fingerprint density at radius 1 is 1.32 bits per heavy atom. The van der Waals surface area contributed by atoms with Crippen LogP contribution in [0.1, 0.15) is 0 Å². The Labute approximate surface area is 133 Å². The molecule has 1 aromatic carbocycles. The van der Waals surface area contributed by atoms with Crippen LogP contribution in [0.5, 0.6) is 0 Å². The Morgan fingerprint density at radius 2 is 1.95 bits per heavy atom. The van der Waals surface area contributed by atoms with E-state index in [0.29, 0.717) is 5.69 Å². The number of nitrogens with zero attached hydrogens (tertiary/aromatic N) is 1. The fourth-order valence-electron chi connectivity index (χ4n) is 2.31. The van der Waals surface area contributed by atoms with E-state index in [9.17, 15) is 18.3 Å². The lowest BCUT2D eigenvalue weighted by Gasteiger charge is -2.31. The van der Waals surface area contributed by atoms with Crippen LogP contribution in [0.25, 0.3) is 0 Å². The summed E-state index contributed by atoms with van der Waals surface area (Å²) >= 11 is 5.19. The van der Waals surface area contributed by atoms with Gasteiger partial charge in [0, 0.05) is 5.69 Å². The van der Waals surface area contributed by atoms with Crippen molar-refractivity contribution in [3.05, 3.63) is 30.3 Å². The Hall–Kier alpha value is -1.71. The molecule has 22 heavy (non-hydrogen) atoms. The van der Waals surface area contributed by atoms with E-state index in [1.165, 1.54) is 4.90 Å². The normalized spacial score (nSPS) is 23.0. The zero-order valence-electron chi connectivity index (χ0n) is 11.5. The molecule has 0 bridgehead atoms. The molecule has 1 aliphatic rings. The number of aliphatic hydroxyl groups excluding tert-OH is 1. The van der Waals surface area contributed by atoms with Crippen LogP contribution < -0.4 is 5.32 Å². The van der Waals surface area contributed by atoms with E-state index in [1.54, 1.807) is 24.3 Å². The molecule has 120 valence electrons. The predicted octanol–water partition coefficient (Wildman–Crippen LogP) is -0.0721. The van der Waals surface area contributed by atoms with Crippen molar-refractivity contribution in [3.8, 4) is 0 Å². The van der Waals surface area contributed by atoms with Gasteiger partial charge in [-0.3, -0.25) is 4.79 Å². The van der Waals surface area contributed by atoms with Gasteiger partial charge in [-0.25, -0.2) is 8.42 Å². The first kappa shape index (κ1) is 16.7. The van der Waals surface area contributed by atoms with E-state index >= 15 is 0 Å². The number of aliphatic hydroxyl groups is 1. The number of hydrogen-bond acceptors (Lipinski definition) is 5. The Morgan fingerprint density at radius 3 is 2.45 bits per heavy atom. The van der Waals surface area contributed by atoms with Gasteiger partial charge in [-0.05, 0) is 24.4 Å². The number of sulfone groups is 1. The van der Waals surface area contributed by atoms with Crippen molar-refractivity contribution < 1.29 is 23.4 Å². The second-order valence-electron chi connectivity index (χ2n) is 5.03. The Bertz CT molecular complexity index is 662. The van der Waals surface area contributed by atoms with E-state index in [0.717, 1.165) is 0 Å². The Balaban J connectivity index is 2.19. The molecule has 0 aromatic heterocycles. The first-order valence-electron chi connectivity index (χ1n) is 6.51. The van der Waals surface area contributed by atoms with E-state index < -0.39 is 34.5 Å². The van der Waals surface area contributed by atoms with E-state index in [2.05, 4.69) is 5.32 Å². The van der Waals surface area contributed by atoms with Crippen molar-refractivity contribution in [2.75, 3.05) is 23.4 Å². The quantitative estimate of drug-likeness (QED) is 0.652. The molecule has 0 radical (unpaired) electrons. The molecule has 1 heterocycles. The van der Waals surface area contributed by atoms with Crippen LogP contribution in [0.3, 0.4) is 0 Å². The number of thiocarbonyl (C=S) groups is 1. The molecule has 0 saturated carbocycles. The smallest absolute Gasteiger partial charge is 0.323 e. The van der Waals surface area contributed by atoms with Crippen LogP contribution in [-0.4, -0.2) is 64.8 Å². The summed E-state index contributed by atoms with van der Waals surface area (Å²) in [5.41, 5.74) is 0.651. The van der Waals surface area contributed by atoms with Gasteiger partial charge in [0.2, 0.25) is 0 Å². The van der Waals surface area contributed by atoms with Crippen LogP contribution in [0, 0.1) is 0 Å². The molecule has 0 aliphatic carbocycles. The molecule has 0 unspecified atom stereocenters. The van der Waals surface area contributed by atoms with Crippen molar-refractivity contribution in [1.29, 1.82) is 0 Å². The summed E-state index contributed by atoms with van der Waals surface area (Å²) in [5, 5.41) is 21.9. The first-order chi connectivity index (χ1) is 10.3. The number of rotatable bonds is 4. The molecule has 7 nitrogen and oxygen atoms in total. The predicted molar refractivity (Wildman–Crippen MR) is 85.5 cm³/mol. The largest absolute Gasteiger partial charge is 0.480 e. The Kier molecular flexibility index (Phi) is 4.99. The summed E-state index contributed by atoms with van der Waals surface area (Å²) < 4.78 is 23.2. The van der Waals surface area contributed by atoms with E-state index in [4.69, 9.17) is 17.3 Å². The summed E-state index contributed by atoms with van der Waals surface area (Å²) in [5.74, 6) is -1.87. The first-order valence-corrected chi connectivity index (χ1v) is 8.74. The fraction of sp³-hybridized carbons (Fsp3) is 0.385. The van der Waals surface area contributed by atoms with E-state index in [-0.39, 0.29) is 16.6 Å². The summed E-state index contributed by atoms with van der Waals surface area (Å²) in [4.78, 5) is 12.2. The standard InChI is InChI=1S/C13H16N2O5S2/c16-11-8-22(19,20)7-10(11)15(6-12(17)18)13(21)14-9-4-2-1-3-5-9/h1-5,10-11,16H,6-8H2,(H,14,21)(H,17,18)/t10-,11+/m0/s1. The van der Waals surface area contributed by atoms with Crippen molar-refractivity contribution >= 4 is 38.8 Å². The highest BCUT2D eigenvalue weighted by Crippen LogP contribution is 2.20. The van der Waals surface area contributed by atoms with Crippen molar-refractivity contribution in [3.63, 3.8) is 0 Å². The SMILES string of the molecule is O=C(O)CN(C(=S)Nc1ccccc1)[C@H]1CS(=O)(=O)C[C@H]1O. The average molecular weight is 344 g/mol. The number of carboxylic acids is 1. The number of anilines is 1. The highest BCUT2D eigenvalue weighted by Gasteiger charge is 2.41. The van der Waals surface area contributed by atoms with Crippen molar-refractivity contribution in [2.45, 2.75) is 12.1 Å². The summed E-state index contributed by atoms with van der Waals surface area (Å²) in [6.07, 6.45) is -1.17. The minimum Gasteiger partial charge on any atom is -0.480 e. The van der Waals surface area contributed by atoms with Crippen molar-refractivity contribution in [2.24, 2.45) is 0 Å². The molecule has 0 spiro atoms. The minimum absolute atomic E-state index is 0.0646. The maximum Gasteiger partial charge on any atom is 0.323 e. The van der Waals surface area contributed by atoms with E-state index in [1.807, 2.05) is 6.07 Å². The zero-order chi connectivity index (χ0) is 16.3. The molecular weight excluding hydrogens is 328 g/mol. The summed E-state index contributed by atoms with van der Waals surface area (Å²) in [7, 11) is -3.40. The molecule has 1 aliphatic heterocycles. The molecule has 0 amide bonds. The van der Waals surface area contributed by atoms with Crippen LogP contribution in [0.2, 0.25) is 0 Å². The van der Waals surface area contributed by atoms with Gasteiger partial charge in [-0.2, -0.15) is 0 Å². The zero-order valence-corrected chi connectivity index (χ0v) is 13.2. The number of carboxylic acid groups (broad SMARTS) is 1. The van der Waals surface area contributed by atoms with Gasteiger partial charge < -0.3 is 20.4 Å². The van der Waals surface area contributed by atoms with Gasteiger partial charge in [0.25, 0.3) is 0 Å². The number of para-hydroxylation sites is 1. The van der Waals surface area contributed by atoms with Crippen LogP contribution >= 0.6 is 12.2 Å². The average Bonchev–Trinajstić information content (AvgIpc) is 2.70. The molecule has 3 N–H and O–H groups in total. The minimum atomic E-state index is -3.40. The maximum atomic E-state index is 11.6. The summed E-state index contributed by atoms with van der Waals surface area (Å²) in [6.45, 7) is -0.490. The lowest BCUT2D eigenvalue weighted by atomic mass is 10.2. The second-order valence-corrected chi connectivity index (χ2v) is 7.57. The third kappa shape index (κ3) is 4.15. The maximum absolute atomic E-state index is 11.6. The van der Waals surface area contributed by atoms with Gasteiger partial charge in [-0.1, -0.05) is 18.2 Å². The van der Waals surface area contributed by atoms with Gasteiger partial charge >= 0.3 is 5.97 Å². The number of benzene rings is 1. The second kappa shape index (κ2) is 6.59. The summed E-state index contributed by atoms with van der Waals surface area (Å²) in [6, 6.07) is 7.99. The van der Waals surface area contributed by atoms with Crippen molar-refractivity contribution in [1.82, 2.24) is 4.90 Å². The highest BCUT2D eigenvalue weighted by atomic mass is 32.2.